The first kappa shape index (κ1) is 32.2. The van der Waals surface area contributed by atoms with E-state index in [1.54, 1.807) is 0 Å². The molecule has 228 valence electrons. The number of nitrogens with one attached hydrogen (secondary N) is 1. The molecule has 0 aliphatic carbocycles. The van der Waals surface area contributed by atoms with E-state index < -0.39 is 94.4 Å². The largest absolute Gasteiger partial charge is 0.510 e. The summed E-state index contributed by atoms with van der Waals surface area (Å²) >= 11 is 0. The minimum atomic E-state index is -4.92. The van der Waals surface area contributed by atoms with Crippen molar-refractivity contribution in [3.63, 3.8) is 0 Å². The molecular weight excluding hydrogens is 582 g/mol. The minimum absolute atomic E-state index is 0.527. The van der Waals surface area contributed by atoms with Crippen molar-refractivity contribution in [1.29, 1.82) is 0 Å². The average molecular weight is 610 g/mol. The average Bonchev–Trinajstić information content (AvgIpc) is 3.41. The number of aromatic amines is 1. The van der Waals surface area contributed by atoms with E-state index in [0.717, 1.165) is 16.8 Å². The minimum Gasteiger partial charge on any atom is -0.432 e. The van der Waals surface area contributed by atoms with Gasteiger partial charge in [0.05, 0.1) is 12.2 Å². The molecule has 2 aliphatic rings. The molecule has 2 aliphatic heterocycles. The molecule has 41 heavy (non-hydrogen) atoms. The Morgan fingerprint density at radius 1 is 1.15 bits per heavy atom. The van der Waals surface area contributed by atoms with Gasteiger partial charge in [0.1, 0.15) is 13.4 Å². The zero-order chi connectivity index (χ0) is 30.4. The fourth-order valence-electron chi connectivity index (χ4n) is 3.56. The van der Waals surface area contributed by atoms with Crippen LogP contribution in [0.1, 0.15) is 33.9 Å². The van der Waals surface area contributed by atoms with Crippen molar-refractivity contribution in [3.8, 4) is 12.3 Å². The molecule has 4 unspecified atom stereocenters. The Kier molecular flexibility index (Phi) is 10.3. The van der Waals surface area contributed by atoms with Crippen molar-refractivity contribution >= 4 is 20.1 Å². The lowest BCUT2D eigenvalue weighted by Crippen LogP contribution is -2.49. The van der Waals surface area contributed by atoms with Gasteiger partial charge in [-0.2, -0.15) is 0 Å². The van der Waals surface area contributed by atoms with E-state index in [0.29, 0.717) is 0 Å². The van der Waals surface area contributed by atoms with Crippen LogP contribution < -0.4 is 11.2 Å². The predicted molar refractivity (Wildman–Crippen MR) is 129 cm³/mol. The number of phosphoric acid groups is 1. The Bertz CT molecular complexity index is 1280. The van der Waals surface area contributed by atoms with Crippen LogP contribution in [0.2, 0.25) is 0 Å². The number of nitrogens with zero attached hydrogens (tertiary/aromatic N) is 1. The molecule has 0 saturated carbocycles. The summed E-state index contributed by atoms with van der Waals surface area (Å²) in [4.78, 5) is 49.1. The summed E-state index contributed by atoms with van der Waals surface area (Å²) in [6.45, 7) is 2.20. The van der Waals surface area contributed by atoms with Crippen LogP contribution in [0.5, 0.6) is 0 Å². The van der Waals surface area contributed by atoms with Gasteiger partial charge in [-0.25, -0.2) is 32.4 Å². The van der Waals surface area contributed by atoms with Gasteiger partial charge in [0.2, 0.25) is 19.2 Å². The highest BCUT2D eigenvalue weighted by molar-refractivity contribution is 7.48. The molecular formula is C22H28FN2O15P. The van der Waals surface area contributed by atoms with Gasteiger partial charge in [-0.1, -0.05) is 5.92 Å². The number of alkyl halides is 1. The van der Waals surface area contributed by atoms with E-state index >= 15 is 4.39 Å². The zero-order valence-corrected chi connectivity index (χ0v) is 23.2. The summed E-state index contributed by atoms with van der Waals surface area (Å²) in [6.07, 6.45) is -0.342. The number of carbonyl (C=O) groups excluding carboxylic acids is 2. The summed E-state index contributed by atoms with van der Waals surface area (Å²) in [5.74, 6) is -0.856. The van der Waals surface area contributed by atoms with E-state index in [4.69, 9.17) is 43.7 Å². The van der Waals surface area contributed by atoms with Crippen molar-refractivity contribution in [2.45, 2.75) is 63.7 Å². The molecule has 0 aromatic carbocycles. The molecule has 19 heteroatoms. The van der Waals surface area contributed by atoms with Gasteiger partial charge in [-0.3, -0.25) is 18.9 Å². The summed E-state index contributed by atoms with van der Waals surface area (Å²) in [5.41, 5.74) is -3.80. The Morgan fingerprint density at radius 3 is 2.24 bits per heavy atom. The van der Waals surface area contributed by atoms with Crippen molar-refractivity contribution < 1.29 is 65.3 Å². The molecule has 0 bridgehead atoms. The van der Waals surface area contributed by atoms with E-state index in [1.807, 2.05) is 4.98 Å². The molecule has 2 saturated heterocycles. The number of rotatable bonds is 12. The van der Waals surface area contributed by atoms with Gasteiger partial charge in [0, 0.05) is 12.3 Å². The maximum atomic E-state index is 16.3. The fraction of sp³-hybridized carbons (Fsp3) is 0.636. The van der Waals surface area contributed by atoms with Gasteiger partial charge in [-0.15, -0.1) is 6.42 Å². The molecule has 1 aromatic rings. The van der Waals surface area contributed by atoms with Crippen LogP contribution in [0.25, 0.3) is 0 Å². The molecule has 4 atom stereocenters. The first-order chi connectivity index (χ1) is 19.2. The van der Waals surface area contributed by atoms with E-state index in [1.165, 1.54) is 27.7 Å². The Labute approximate surface area is 231 Å². The van der Waals surface area contributed by atoms with Gasteiger partial charge in [-0.05, 0) is 27.7 Å². The molecule has 0 spiro atoms. The second kappa shape index (κ2) is 13.1. The topological polar surface area (TPSA) is 198 Å². The number of halogens is 1. The lowest BCUT2D eigenvalue weighted by molar-refractivity contribution is -0.228. The van der Waals surface area contributed by atoms with E-state index in [-0.39, 0.29) is 0 Å². The lowest BCUT2D eigenvalue weighted by atomic mass is 9.94. The first-order valence-electron chi connectivity index (χ1n) is 11.9. The van der Waals surface area contributed by atoms with Crippen LogP contribution in [0, 0.1) is 12.3 Å². The van der Waals surface area contributed by atoms with E-state index in [2.05, 4.69) is 15.4 Å². The fourth-order valence-corrected chi connectivity index (χ4v) is 4.48. The quantitative estimate of drug-likeness (QED) is 0.155. The second-order valence-electron chi connectivity index (χ2n) is 8.86. The van der Waals surface area contributed by atoms with Gasteiger partial charge in [0.25, 0.3) is 11.4 Å². The summed E-state index contributed by atoms with van der Waals surface area (Å²) in [7, 11) is -4.92. The predicted octanol–water partition coefficient (Wildman–Crippen LogP) is 1.67. The van der Waals surface area contributed by atoms with Crippen LogP contribution >= 0.6 is 7.82 Å². The maximum absolute atomic E-state index is 16.3. The normalized spacial score (nSPS) is 25.5. The third-order valence-electron chi connectivity index (χ3n) is 5.18. The standard InChI is InChI=1S/C22H28FN2O15P/c1-6-21-16(31-10-34-21)22(23,40-17(21)25-8-7-15(26)24-18(25)27)9-35-41(30,36-11-32-19(28)38-13(2)3)37-12-33-20(29)39-14(4)5/h1,7-8,13-14,16-17H,9-12H2,2-5H3,(H,24,26,27). The molecule has 0 radical (unpaired) electrons. The van der Waals surface area contributed by atoms with Crippen molar-refractivity contribution in [1.82, 2.24) is 9.55 Å². The van der Waals surface area contributed by atoms with Crippen molar-refractivity contribution in [3.05, 3.63) is 33.1 Å². The molecule has 0 amide bonds. The van der Waals surface area contributed by atoms with E-state index in [9.17, 15) is 23.7 Å². The zero-order valence-electron chi connectivity index (χ0n) is 22.3. The molecule has 17 nitrogen and oxygen atoms in total. The Hall–Kier alpha value is -3.30. The molecule has 3 heterocycles. The third-order valence-corrected chi connectivity index (χ3v) is 6.46. The summed E-state index contributed by atoms with van der Waals surface area (Å²) < 4.78 is 80.0. The number of hydrogen-bond acceptors (Lipinski definition) is 15. The lowest BCUT2D eigenvalue weighted by Gasteiger charge is -2.26. The first-order valence-corrected chi connectivity index (χ1v) is 13.3. The monoisotopic (exact) mass is 610 g/mol. The van der Waals surface area contributed by atoms with Crippen LogP contribution in [0.3, 0.4) is 0 Å². The number of terminal acetylenes is 1. The van der Waals surface area contributed by atoms with Crippen molar-refractivity contribution in [2.75, 3.05) is 27.0 Å². The Morgan fingerprint density at radius 2 is 1.73 bits per heavy atom. The highest BCUT2D eigenvalue weighted by atomic mass is 31.2. The number of ether oxygens (including phenoxy) is 7. The highest BCUT2D eigenvalue weighted by Crippen LogP contribution is 2.55. The van der Waals surface area contributed by atoms with Crippen LogP contribution in [-0.2, 0) is 51.3 Å². The molecule has 3 rings (SSSR count). The number of hydrogen-bond donors (Lipinski definition) is 1. The highest BCUT2D eigenvalue weighted by Gasteiger charge is 2.70. The number of aromatic nitrogens is 2. The maximum Gasteiger partial charge on any atom is 0.510 e. The Balaban J connectivity index is 1.79. The van der Waals surface area contributed by atoms with Crippen molar-refractivity contribution in [2.24, 2.45) is 0 Å². The van der Waals surface area contributed by atoms with Gasteiger partial charge in [0.15, 0.2) is 12.3 Å². The third kappa shape index (κ3) is 7.71. The second-order valence-corrected chi connectivity index (χ2v) is 10.5. The summed E-state index contributed by atoms with van der Waals surface area (Å²) in [5, 5.41) is 0. The van der Waals surface area contributed by atoms with Crippen LogP contribution in [0.15, 0.2) is 21.9 Å². The van der Waals surface area contributed by atoms with Gasteiger partial charge < -0.3 is 33.2 Å². The molecule has 1 aromatic heterocycles. The van der Waals surface area contributed by atoms with Gasteiger partial charge >= 0.3 is 25.8 Å². The van der Waals surface area contributed by atoms with Crippen LogP contribution in [-0.4, -0.2) is 78.6 Å². The number of carbonyl (C=O) groups is 2. The summed E-state index contributed by atoms with van der Waals surface area (Å²) in [6, 6.07) is 0.957. The number of fused-ring (bicyclic) bond motifs is 1. The molecule has 1 N–H and O–H groups in total. The number of H-pyrrole nitrogens is 1. The molecule has 2 fully saturated rings. The smallest absolute Gasteiger partial charge is 0.432 e. The van der Waals surface area contributed by atoms with Crippen LogP contribution in [0.4, 0.5) is 14.0 Å². The number of phosphoric ester groups is 1. The SMILES string of the molecule is C#CC12OCOC1C(F)(COP(=O)(OCOC(=O)OC(C)C)OCOC(=O)OC(C)C)OC2n1ccc(=O)[nH]c1=O.